The Bertz CT molecular complexity index is 1400. The molecule has 0 spiro atoms. The number of carboxylic acids is 1. The lowest BCUT2D eigenvalue weighted by Gasteiger charge is -2.19. The molecular weight excluding hydrogens is 487 g/mol. The van der Waals surface area contributed by atoms with Crippen molar-refractivity contribution in [2.24, 2.45) is 5.10 Å². The van der Waals surface area contributed by atoms with Crippen molar-refractivity contribution in [1.82, 2.24) is 0 Å². The summed E-state index contributed by atoms with van der Waals surface area (Å²) in [6.07, 6.45) is -3.73. The number of carbonyl (C=O) groups is 2. The Morgan fingerprint density at radius 1 is 1.03 bits per heavy atom. The molecule has 0 saturated carbocycles. The van der Waals surface area contributed by atoms with Crippen LogP contribution < -0.4 is 10.3 Å². The molecule has 0 bridgehead atoms. The number of hydrazone groups is 1. The molecule has 0 unspecified atom stereocenters. The van der Waals surface area contributed by atoms with E-state index in [4.69, 9.17) is 5.11 Å². The van der Waals surface area contributed by atoms with Crippen LogP contribution in [-0.2, 0) is 22.2 Å². The summed E-state index contributed by atoms with van der Waals surface area (Å²) in [7, 11) is 0. The van der Waals surface area contributed by atoms with Gasteiger partial charge in [-0.05, 0) is 85.8 Å². The first-order chi connectivity index (χ1) is 17.4. The van der Waals surface area contributed by atoms with E-state index < -0.39 is 23.6 Å². The molecule has 37 heavy (non-hydrogen) atoms. The summed E-state index contributed by atoms with van der Waals surface area (Å²) in [6.45, 7) is 3.66. The van der Waals surface area contributed by atoms with Crippen LogP contribution in [0.4, 0.5) is 30.2 Å². The average molecular weight is 512 g/mol. The molecule has 7 nitrogen and oxygen atoms in total. The van der Waals surface area contributed by atoms with E-state index in [1.54, 1.807) is 18.2 Å². The molecule has 1 heterocycles. The highest BCUT2D eigenvalue weighted by molar-refractivity contribution is 6.55. The van der Waals surface area contributed by atoms with Gasteiger partial charge >= 0.3 is 12.1 Å². The number of carbonyl (C=O) groups excluding carboxylic acids is 1. The summed E-state index contributed by atoms with van der Waals surface area (Å²) in [5.74, 6) is -1.69. The van der Waals surface area contributed by atoms with Gasteiger partial charge < -0.3 is 10.2 Å². The lowest BCUT2D eigenvalue weighted by molar-refractivity contribution is -0.138. The molecule has 4 rings (SSSR count). The second-order valence-electron chi connectivity index (χ2n) is 8.89. The summed E-state index contributed by atoms with van der Waals surface area (Å²) in [5.41, 5.74) is 4.93. The fourth-order valence-corrected chi connectivity index (χ4v) is 4.25. The zero-order chi connectivity index (χ0) is 26.9. The number of nitrogens with zero attached hydrogens (tertiary/aromatic N) is 2. The van der Waals surface area contributed by atoms with Crippen LogP contribution in [0.3, 0.4) is 0 Å². The van der Waals surface area contributed by atoms with Gasteiger partial charge in [0.2, 0.25) is 0 Å². The van der Waals surface area contributed by atoms with Crippen molar-refractivity contribution in [2.45, 2.75) is 39.3 Å². The minimum Gasteiger partial charge on any atom is -0.506 e. The van der Waals surface area contributed by atoms with E-state index in [-0.39, 0.29) is 34.8 Å². The second kappa shape index (κ2) is 9.96. The first-order valence-corrected chi connectivity index (χ1v) is 11.5. The number of rotatable bonds is 7. The summed E-state index contributed by atoms with van der Waals surface area (Å²) in [5, 5.41) is 23.3. The van der Waals surface area contributed by atoms with Crippen LogP contribution in [0.2, 0.25) is 0 Å². The maximum absolute atomic E-state index is 13.5. The van der Waals surface area contributed by atoms with Gasteiger partial charge in [0.1, 0.15) is 5.75 Å². The molecule has 0 aromatic heterocycles. The number of benzene rings is 3. The number of phenols is 1. The van der Waals surface area contributed by atoms with Crippen LogP contribution >= 0.6 is 0 Å². The van der Waals surface area contributed by atoms with Crippen molar-refractivity contribution in [1.29, 1.82) is 0 Å². The van der Waals surface area contributed by atoms with Gasteiger partial charge in [0, 0.05) is 17.7 Å². The Hall–Kier alpha value is -4.34. The third-order valence-electron chi connectivity index (χ3n) is 5.90. The highest BCUT2D eigenvalue weighted by Gasteiger charge is 2.39. The topological polar surface area (TPSA) is 102 Å². The lowest BCUT2D eigenvalue weighted by Crippen LogP contribution is -2.26. The van der Waals surface area contributed by atoms with Crippen molar-refractivity contribution < 1.29 is 33.0 Å². The number of alkyl halides is 3. The number of amides is 1. The van der Waals surface area contributed by atoms with Crippen LogP contribution in [0.25, 0.3) is 0 Å². The van der Waals surface area contributed by atoms with Gasteiger partial charge in [0.05, 0.1) is 16.9 Å². The molecule has 1 aliphatic heterocycles. The van der Waals surface area contributed by atoms with E-state index in [1.165, 1.54) is 23.1 Å². The number of fused-ring (bicyclic) bond motifs is 1. The van der Waals surface area contributed by atoms with Crippen LogP contribution in [-0.4, -0.2) is 27.8 Å². The number of aryl methyl sites for hydroxylation is 3. The maximum Gasteiger partial charge on any atom is 0.416 e. The third kappa shape index (κ3) is 5.58. The fraction of sp³-hybridized carbons (Fsp3) is 0.222. The van der Waals surface area contributed by atoms with Gasteiger partial charge in [-0.1, -0.05) is 12.1 Å². The number of halogens is 3. The quantitative estimate of drug-likeness (QED) is 0.270. The Balaban J connectivity index is 1.69. The lowest BCUT2D eigenvalue weighted by atomic mass is 10.1. The zero-order valence-electron chi connectivity index (χ0n) is 20.1. The largest absolute Gasteiger partial charge is 0.506 e. The standard InChI is InChI=1S/C27H24F3N3O4/c1-15-10-16(2)12-19(11-15)33-22-14-18(27(28,29)30)7-8-20(22)25(26(33)37)32-31-21-9-6-17(13-23(21)34)4-3-5-24(35)36/h6-14,31,34H,3-5H2,1-2H3,(H,35,36)/b32-25-. The Morgan fingerprint density at radius 3 is 2.35 bits per heavy atom. The number of carboxylic acid groups (broad SMARTS) is 1. The van der Waals surface area contributed by atoms with Crippen molar-refractivity contribution in [3.63, 3.8) is 0 Å². The van der Waals surface area contributed by atoms with Gasteiger partial charge in [-0.25, -0.2) is 0 Å². The predicted molar refractivity (Wildman–Crippen MR) is 133 cm³/mol. The van der Waals surface area contributed by atoms with E-state index in [0.29, 0.717) is 18.5 Å². The molecule has 0 aliphatic carbocycles. The van der Waals surface area contributed by atoms with Crippen molar-refractivity contribution in [3.05, 3.63) is 82.4 Å². The SMILES string of the molecule is Cc1cc(C)cc(N2C(=O)/C(=N\Nc3ccc(CCCC(=O)O)cc3O)c3ccc(C(F)(F)F)cc32)c1. The molecule has 0 atom stereocenters. The first-order valence-electron chi connectivity index (χ1n) is 11.5. The molecule has 3 N–H and O–H groups in total. The molecular formula is C27H24F3N3O4. The minimum absolute atomic E-state index is 0.00293. The van der Waals surface area contributed by atoms with Crippen molar-refractivity contribution in [3.8, 4) is 5.75 Å². The number of hydrogen-bond acceptors (Lipinski definition) is 5. The Labute approximate surface area is 210 Å². The number of nitrogens with one attached hydrogen (secondary N) is 1. The van der Waals surface area contributed by atoms with Gasteiger partial charge in [-0.3, -0.25) is 19.9 Å². The molecule has 1 aliphatic rings. The number of aliphatic carboxylic acids is 1. The molecule has 0 saturated heterocycles. The van der Waals surface area contributed by atoms with Crippen LogP contribution in [0.1, 0.15) is 40.7 Å². The van der Waals surface area contributed by atoms with Crippen molar-refractivity contribution >= 4 is 34.7 Å². The van der Waals surface area contributed by atoms with E-state index >= 15 is 0 Å². The molecule has 0 fully saturated rings. The summed E-state index contributed by atoms with van der Waals surface area (Å²) in [4.78, 5) is 25.3. The molecule has 1 amide bonds. The number of hydrogen-bond donors (Lipinski definition) is 3. The average Bonchev–Trinajstić information content (AvgIpc) is 3.07. The van der Waals surface area contributed by atoms with E-state index in [1.807, 2.05) is 19.9 Å². The van der Waals surface area contributed by atoms with Gasteiger partial charge in [0.25, 0.3) is 5.91 Å². The van der Waals surface area contributed by atoms with Crippen LogP contribution in [0.15, 0.2) is 59.7 Å². The van der Waals surface area contributed by atoms with E-state index in [2.05, 4.69) is 10.5 Å². The zero-order valence-corrected chi connectivity index (χ0v) is 20.1. The summed E-state index contributed by atoms with van der Waals surface area (Å²) in [6, 6.07) is 13.0. The van der Waals surface area contributed by atoms with Gasteiger partial charge in [-0.15, -0.1) is 0 Å². The molecule has 0 radical (unpaired) electrons. The molecule has 3 aromatic rings. The highest BCUT2D eigenvalue weighted by Crippen LogP contribution is 2.41. The summed E-state index contributed by atoms with van der Waals surface area (Å²) < 4.78 is 40.4. The maximum atomic E-state index is 13.5. The first kappa shape index (κ1) is 25.7. The fourth-order valence-electron chi connectivity index (χ4n) is 4.25. The van der Waals surface area contributed by atoms with E-state index in [0.717, 1.165) is 28.8 Å². The minimum atomic E-state index is -4.59. The van der Waals surface area contributed by atoms with Gasteiger partial charge in [-0.2, -0.15) is 18.3 Å². The highest BCUT2D eigenvalue weighted by atomic mass is 19.4. The second-order valence-corrected chi connectivity index (χ2v) is 8.89. The van der Waals surface area contributed by atoms with E-state index in [9.17, 15) is 27.9 Å². The molecule has 10 heteroatoms. The molecule has 3 aromatic carbocycles. The number of aromatic hydroxyl groups is 1. The van der Waals surface area contributed by atoms with Crippen LogP contribution in [0.5, 0.6) is 5.75 Å². The smallest absolute Gasteiger partial charge is 0.416 e. The van der Waals surface area contributed by atoms with Gasteiger partial charge in [0.15, 0.2) is 5.71 Å². The van der Waals surface area contributed by atoms with Crippen LogP contribution in [0, 0.1) is 13.8 Å². The molecule has 192 valence electrons. The third-order valence-corrected chi connectivity index (χ3v) is 5.90. The number of anilines is 3. The Morgan fingerprint density at radius 2 is 1.73 bits per heavy atom. The Kier molecular flexibility index (Phi) is 6.93. The number of phenolic OH excluding ortho intramolecular Hbond substituents is 1. The summed E-state index contributed by atoms with van der Waals surface area (Å²) >= 11 is 0. The van der Waals surface area contributed by atoms with Crippen molar-refractivity contribution in [2.75, 3.05) is 10.3 Å². The monoisotopic (exact) mass is 511 g/mol. The normalized spacial score (nSPS) is 14.2. The predicted octanol–water partition coefficient (Wildman–Crippen LogP) is 5.93.